The van der Waals surface area contributed by atoms with Gasteiger partial charge in [-0.25, -0.2) is 13.1 Å². The second-order valence-corrected chi connectivity index (χ2v) is 7.33. The molecule has 0 aromatic heterocycles. The standard InChI is InChI=1S/C17H20N2O4S/c1-11-7-8-15(16(20)12(11)2)17(21)19-10-13-5-4-6-14(9-13)24(22,23)18-3/h4-9,18,20H,10H2,1-3H3,(H,19,21). The third-order valence-corrected chi connectivity index (χ3v) is 5.29. The van der Waals surface area contributed by atoms with Gasteiger partial charge in [-0.2, -0.15) is 0 Å². The summed E-state index contributed by atoms with van der Waals surface area (Å²) < 4.78 is 25.8. The molecule has 0 saturated heterocycles. The first-order chi connectivity index (χ1) is 11.3. The predicted octanol–water partition coefficient (Wildman–Crippen LogP) is 1.85. The van der Waals surface area contributed by atoms with Gasteiger partial charge in [0.1, 0.15) is 5.75 Å². The lowest BCUT2D eigenvalue weighted by molar-refractivity contribution is 0.0948. The minimum Gasteiger partial charge on any atom is -0.507 e. The molecule has 0 unspecified atom stereocenters. The Hall–Kier alpha value is -2.38. The van der Waals surface area contributed by atoms with Gasteiger partial charge < -0.3 is 10.4 Å². The average Bonchev–Trinajstić information content (AvgIpc) is 2.58. The van der Waals surface area contributed by atoms with Crippen LogP contribution in [0.15, 0.2) is 41.3 Å². The number of nitrogens with one attached hydrogen (secondary N) is 2. The van der Waals surface area contributed by atoms with E-state index in [1.165, 1.54) is 19.2 Å². The van der Waals surface area contributed by atoms with E-state index < -0.39 is 15.9 Å². The van der Waals surface area contributed by atoms with Gasteiger partial charge in [-0.1, -0.05) is 18.2 Å². The molecule has 0 radical (unpaired) electrons. The quantitative estimate of drug-likeness (QED) is 0.768. The van der Waals surface area contributed by atoms with E-state index in [9.17, 15) is 18.3 Å². The molecule has 0 spiro atoms. The summed E-state index contributed by atoms with van der Waals surface area (Å²) in [5, 5.41) is 12.8. The lowest BCUT2D eigenvalue weighted by Gasteiger charge is -2.11. The summed E-state index contributed by atoms with van der Waals surface area (Å²) in [5.74, 6) is -0.462. The van der Waals surface area contributed by atoms with Crippen molar-refractivity contribution in [2.24, 2.45) is 0 Å². The predicted molar refractivity (Wildman–Crippen MR) is 91.4 cm³/mol. The lowest BCUT2D eigenvalue weighted by atomic mass is 10.0. The highest BCUT2D eigenvalue weighted by Crippen LogP contribution is 2.24. The SMILES string of the molecule is CNS(=O)(=O)c1cccc(CNC(=O)c2ccc(C)c(C)c2O)c1. The van der Waals surface area contributed by atoms with Gasteiger partial charge in [0.05, 0.1) is 10.5 Å². The minimum atomic E-state index is -3.53. The van der Waals surface area contributed by atoms with E-state index in [1.807, 2.05) is 6.92 Å². The third kappa shape index (κ3) is 3.74. The van der Waals surface area contributed by atoms with Crippen LogP contribution in [0.5, 0.6) is 5.75 Å². The van der Waals surface area contributed by atoms with E-state index in [2.05, 4.69) is 10.0 Å². The maximum Gasteiger partial charge on any atom is 0.255 e. The number of hydrogen-bond donors (Lipinski definition) is 3. The van der Waals surface area contributed by atoms with Crippen LogP contribution >= 0.6 is 0 Å². The van der Waals surface area contributed by atoms with Crippen molar-refractivity contribution in [2.75, 3.05) is 7.05 Å². The van der Waals surface area contributed by atoms with Crippen molar-refractivity contribution in [1.82, 2.24) is 10.0 Å². The fraction of sp³-hybridized carbons (Fsp3) is 0.235. The van der Waals surface area contributed by atoms with Crippen LogP contribution in [0.3, 0.4) is 0 Å². The summed E-state index contributed by atoms with van der Waals surface area (Å²) >= 11 is 0. The van der Waals surface area contributed by atoms with Crippen molar-refractivity contribution < 1.29 is 18.3 Å². The zero-order valence-electron chi connectivity index (χ0n) is 13.8. The van der Waals surface area contributed by atoms with Gasteiger partial charge in [-0.15, -0.1) is 0 Å². The number of rotatable bonds is 5. The normalized spacial score (nSPS) is 11.3. The maximum absolute atomic E-state index is 12.2. The first-order valence-corrected chi connectivity index (χ1v) is 8.84. The molecule has 0 bridgehead atoms. The molecule has 0 aliphatic rings. The zero-order chi connectivity index (χ0) is 17.9. The van der Waals surface area contributed by atoms with E-state index in [4.69, 9.17) is 0 Å². The fourth-order valence-corrected chi connectivity index (χ4v) is 3.00. The van der Waals surface area contributed by atoms with Crippen LogP contribution in [0.4, 0.5) is 0 Å². The van der Waals surface area contributed by atoms with Crippen LogP contribution in [0.1, 0.15) is 27.0 Å². The fourth-order valence-electron chi connectivity index (χ4n) is 2.20. The molecular formula is C17H20N2O4S. The number of amides is 1. The van der Waals surface area contributed by atoms with Crippen LogP contribution in [-0.4, -0.2) is 26.5 Å². The number of benzene rings is 2. The number of sulfonamides is 1. The highest BCUT2D eigenvalue weighted by molar-refractivity contribution is 7.89. The molecule has 2 rings (SSSR count). The van der Waals surface area contributed by atoms with Gasteiger partial charge in [-0.3, -0.25) is 4.79 Å². The Morgan fingerprint density at radius 1 is 1.17 bits per heavy atom. The summed E-state index contributed by atoms with van der Waals surface area (Å²) in [7, 11) is -2.19. The van der Waals surface area contributed by atoms with E-state index in [-0.39, 0.29) is 22.8 Å². The third-order valence-electron chi connectivity index (χ3n) is 3.88. The number of aromatic hydroxyl groups is 1. The molecule has 0 aliphatic heterocycles. The first-order valence-electron chi connectivity index (χ1n) is 7.36. The van der Waals surface area contributed by atoms with Crippen LogP contribution in [0.2, 0.25) is 0 Å². The average molecular weight is 348 g/mol. The largest absolute Gasteiger partial charge is 0.507 e. The molecule has 0 atom stereocenters. The molecule has 0 fully saturated rings. The second-order valence-electron chi connectivity index (χ2n) is 5.44. The molecule has 2 aromatic rings. The Kier molecular flexibility index (Phi) is 5.26. The van der Waals surface area contributed by atoms with Gasteiger partial charge in [0.25, 0.3) is 5.91 Å². The summed E-state index contributed by atoms with van der Waals surface area (Å²) in [4.78, 5) is 12.4. The summed E-state index contributed by atoms with van der Waals surface area (Å²) in [6.07, 6.45) is 0. The molecule has 0 aliphatic carbocycles. The van der Waals surface area contributed by atoms with Crippen molar-refractivity contribution in [2.45, 2.75) is 25.3 Å². The van der Waals surface area contributed by atoms with E-state index >= 15 is 0 Å². The van der Waals surface area contributed by atoms with Gasteiger partial charge >= 0.3 is 0 Å². The van der Waals surface area contributed by atoms with Crippen molar-refractivity contribution in [3.63, 3.8) is 0 Å². The van der Waals surface area contributed by atoms with E-state index in [0.29, 0.717) is 11.1 Å². The van der Waals surface area contributed by atoms with Crippen molar-refractivity contribution in [1.29, 1.82) is 0 Å². The van der Waals surface area contributed by atoms with Crippen molar-refractivity contribution in [3.8, 4) is 5.75 Å². The molecule has 0 saturated carbocycles. The summed E-state index contributed by atoms with van der Waals surface area (Å²) in [5.41, 5.74) is 2.39. The van der Waals surface area contributed by atoms with Crippen LogP contribution in [0, 0.1) is 13.8 Å². The van der Waals surface area contributed by atoms with Crippen molar-refractivity contribution >= 4 is 15.9 Å². The molecule has 6 nitrogen and oxygen atoms in total. The Labute approximate surface area is 141 Å². The molecule has 0 heterocycles. The molecule has 7 heteroatoms. The number of carbonyl (C=O) groups excluding carboxylic acids is 1. The summed E-state index contributed by atoms with van der Waals surface area (Å²) in [6.45, 7) is 3.75. The molecule has 1 amide bonds. The molecule has 24 heavy (non-hydrogen) atoms. The Bertz CT molecular complexity index is 876. The number of phenolic OH excluding ortho intramolecular Hbond substituents is 1. The number of phenols is 1. The van der Waals surface area contributed by atoms with E-state index in [0.717, 1.165) is 5.56 Å². The lowest BCUT2D eigenvalue weighted by Crippen LogP contribution is -2.23. The van der Waals surface area contributed by atoms with Gasteiger partial charge in [-0.05, 0) is 55.8 Å². The van der Waals surface area contributed by atoms with Crippen LogP contribution in [-0.2, 0) is 16.6 Å². The molecule has 128 valence electrons. The number of hydrogen-bond acceptors (Lipinski definition) is 4. The van der Waals surface area contributed by atoms with Gasteiger partial charge in [0.2, 0.25) is 10.0 Å². The Morgan fingerprint density at radius 2 is 1.88 bits per heavy atom. The van der Waals surface area contributed by atoms with Crippen molar-refractivity contribution in [3.05, 3.63) is 58.7 Å². The number of aryl methyl sites for hydroxylation is 1. The van der Waals surface area contributed by atoms with E-state index in [1.54, 1.807) is 31.2 Å². The van der Waals surface area contributed by atoms with Gasteiger partial charge in [0.15, 0.2) is 0 Å². The van der Waals surface area contributed by atoms with Gasteiger partial charge in [0, 0.05) is 6.54 Å². The van der Waals surface area contributed by atoms with Crippen LogP contribution in [0.25, 0.3) is 0 Å². The van der Waals surface area contributed by atoms with Crippen LogP contribution < -0.4 is 10.0 Å². The molecule has 3 N–H and O–H groups in total. The molecule has 2 aromatic carbocycles. The molecular weight excluding hydrogens is 328 g/mol. The monoisotopic (exact) mass is 348 g/mol. The Morgan fingerprint density at radius 3 is 2.54 bits per heavy atom. The highest BCUT2D eigenvalue weighted by Gasteiger charge is 2.15. The maximum atomic E-state index is 12.2. The topological polar surface area (TPSA) is 95.5 Å². The number of carbonyl (C=O) groups is 1. The highest BCUT2D eigenvalue weighted by atomic mass is 32.2. The smallest absolute Gasteiger partial charge is 0.255 e. The zero-order valence-corrected chi connectivity index (χ0v) is 14.6. The minimum absolute atomic E-state index is 0.0426. The summed E-state index contributed by atoms with van der Waals surface area (Å²) in [6, 6.07) is 9.63. The second kappa shape index (κ2) is 7.02. The first kappa shape index (κ1) is 18.0. The Balaban J connectivity index is 2.16.